The quantitative estimate of drug-likeness (QED) is 0.0711. The molecule has 1 heterocycles. The second-order valence-electron chi connectivity index (χ2n) is 24.9. The van der Waals surface area contributed by atoms with Crippen molar-refractivity contribution < 1.29 is 0 Å². The summed E-state index contributed by atoms with van der Waals surface area (Å²) in [4.78, 5) is 0. The standard InChI is InChI=1S/C92H73N/c1-2-3-4-5-6-31-48-93-91-87(85-57-77(69-40-23-11-24-41-69)51-78(58-85)70-42-25-12-26-43-70)61-83(81-53-73(65-32-15-7-16-33-65)49-74(54-81)66-34-17-8-18-35-66)63-89(91)90-64-84(82-55-75(67-36-19-9-20-37-67)50-76(56-82)68-38-21-10-22-39-68)62-88(92(90)93)86-59-79(71-44-27-13-28-45-71)52-80(60-86)72-46-29-14-30-47-72/h7-30,32-47,49-64H,2-6,31,48H2,1H3. The summed E-state index contributed by atoms with van der Waals surface area (Å²) in [6.45, 7) is 3.17. The first-order valence-electron chi connectivity index (χ1n) is 33.2. The normalized spacial score (nSPS) is 11.4. The SMILES string of the molecule is CCCCCCCCn1c2c(-c3cc(-c4ccccc4)cc(-c4ccccc4)c3)cc(-c3cc(-c4ccccc4)cc(-c4ccccc4)c3)cc2c2cc(-c3cc(-c4ccccc4)cc(-c4ccccc4)c3)cc(-c3cc(-c4ccccc4)cc(-c4ccccc4)c3)c21. The zero-order valence-electron chi connectivity index (χ0n) is 52.7. The number of hydrogen-bond acceptors (Lipinski definition) is 0. The number of benzene rings is 14. The fourth-order valence-corrected chi connectivity index (χ4v) is 14.0. The van der Waals surface area contributed by atoms with Crippen molar-refractivity contribution in [3.63, 3.8) is 0 Å². The van der Waals surface area contributed by atoms with Crippen LogP contribution in [0.4, 0.5) is 0 Å². The van der Waals surface area contributed by atoms with E-state index in [0.29, 0.717) is 0 Å². The van der Waals surface area contributed by atoms with Gasteiger partial charge in [0.25, 0.3) is 0 Å². The highest BCUT2D eigenvalue weighted by Gasteiger charge is 2.25. The van der Waals surface area contributed by atoms with Crippen LogP contribution in [-0.2, 0) is 6.54 Å². The summed E-state index contributed by atoms with van der Waals surface area (Å²) in [6.07, 6.45) is 7.12. The van der Waals surface area contributed by atoms with Crippen LogP contribution in [0.5, 0.6) is 0 Å². The lowest BCUT2D eigenvalue weighted by molar-refractivity contribution is 0.571. The van der Waals surface area contributed by atoms with E-state index in [1.807, 2.05) is 0 Å². The van der Waals surface area contributed by atoms with E-state index in [1.54, 1.807) is 0 Å². The number of nitrogens with zero attached hydrogens (tertiary/aromatic N) is 1. The van der Waals surface area contributed by atoms with Gasteiger partial charge in [-0.05, 0) is 226 Å². The monoisotopic (exact) mass is 1190 g/mol. The molecule has 0 bridgehead atoms. The number of unbranched alkanes of at least 4 members (excludes halogenated alkanes) is 5. The summed E-state index contributed by atoms with van der Waals surface area (Å²) in [6, 6.07) is 127. The average Bonchev–Trinajstić information content (AvgIpc) is 1.58. The molecule has 93 heavy (non-hydrogen) atoms. The van der Waals surface area contributed by atoms with Gasteiger partial charge in [0.15, 0.2) is 0 Å². The number of hydrogen-bond donors (Lipinski definition) is 0. The summed E-state index contributed by atoms with van der Waals surface area (Å²) in [5, 5.41) is 2.46. The van der Waals surface area contributed by atoms with Crippen molar-refractivity contribution in [1.82, 2.24) is 4.57 Å². The van der Waals surface area contributed by atoms with Crippen LogP contribution in [-0.4, -0.2) is 4.57 Å². The van der Waals surface area contributed by atoms with E-state index < -0.39 is 0 Å². The van der Waals surface area contributed by atoms with Gasteiger partial charge in [-0.2, -0.15) is 0 Å². The molecule has 1 aromatic heterocycles. The molecule has 0 amide bonds. The van der Waals surface area contributed by atoms with Gasteiger partial charge in [0, 0.05) is 28.4 Å². The molecule has 0 unspecified atom stereocenters. The van der Waals surface area contributed by atoms with E-state index in [1.165, 1.54) is 181 Å². The van der Waals surface area contributed by atoms with Gasteiger partial charge in [-0.3, -0.25) is 0 Å². The van der Waals surface area contributed by atoms with Gasteiger partial charge in [0.2, 0.25) is 0 Å². The van der Waals surface area contributed by atoms with Crippen LogP contribution in [0, 0.1) is 0 Å². The lowest BCUT2D eigenvalue weighted by Gasteiger charge is -2.18. The highest BCUT2D eigenvalue weighted by molar-refractivity contribution is 6.19. The summed E-state index contributed by atoms with van der Waals surface area (Å²) in [7, 11) is 0. The smallest absolute Gasteiger partial charge is 0.0571 e. The fraction of sp³-hybridized carbons (Fsp3) is 0.0870. The summed E-state index contributed by atoms with van der Waals surface area (Å²) in [5.74, 6) is 0. The highest BCUT2D eigenvalue weighted by atomic mass is 15.0. The van der Waals surface area contributed by atoms with Crippen LogP contribution in [0.1, 0.15) is 45.4 Å². The predicted octanol–water partition coefficient (Wildman–Crippen LogP) is 26.2. The van der Waals surface area contributed by atoms with Crippen molar-refractivity contribution in [3.05, 3.63) is 340 Å². The molecule has 0 spiro atoms. The summed E-state index contributed by atoms with van der Waals surface area (Å²) in [5.41, 5.74) is 30.9. The molecule has 0 aliphatic heterocycles. The molecular weight excluding hydrogens is 1120 g/mol. The minimum Gasteiger partial charge on any atom is -0.339 e. The molecule has 0 saturated heterocycles. The van der Waals surface area contributed by atoms with Crippen LogP contribution >= 0.6 is 0 Å². The molecule has 15 aromatic rings. The Balaban J connectivity index is 1.10. The van der Waals surface area contributed by atoms with Crippen molar-refractivity contribution in [2.24, 2.45) is 0 Å². The van der Waals surface area contributed by atoms with Crippen molar-refractivity contribution in [2.45, 2.75) is 52.0 Å². The van der Waals surface area contributed by atoms with Gasteiger partial charge >= 0.3 is 0 Å². The van der Waals surface area contributed by atoms with Crippen LogP contribution in [0.25, 0.3) is 155 Å². The van der Waals surface area contributed by atoms with Crippen LogP contribution in [0.2, 0.25) is 0 Å². The number of aromatic nitrogens is 1. The number of fused-ring (bicyclic) bond motifs is 3. The Labute approximate surface area is 548 Å². The van der Waals surface area contributed by atoms with Crippen LogP contribution in [0.15, 0.2) is 340 Å². The Morgan fingerprint density at radius 2 is 0.376 bits per heavy atom. The maximum Gasteiger partial charge on any atom is 0.0571 e. The summed E-state index contributed by atoms with van der Waals surface area (Å²) >= 11 is 0. The van der Waals surface area contributed by atoms with Crippen molar-refractivity contribution in [1.29, 1.82) is 0 Å². The van der Waals surface area contributed by atoms with E-state index in [9.17, 15) is 0 Å². The minimum absolute atomic E-state index is 0.849. The van der Waals surface area contributed by atoms with Crippen molar-refractivity contribution in [3.8, 4) is 134 Å². The Bertz CT molecular complexity index is 4510. The second kappa shape index (κ2) is 26.8. The van der Waals surface area contributed by atoms with Crippen LogP contribution in [0.3, 0.4) is 0 Å². The minimum atomic E-state index is 0.849. The molecule has 15 rings (SSSR count). The molecular formula is C92H73N. The molecule has 1 heteroatoms. The van der Waals surface area contributed by atoms with E-state index in [2.05, 4.69) is 351 Å². The molecule has 0 aliphatic carbocycles. The first-order valence-corrected chi connectivity index (χ1v) is 33.2. The number of aryl methyl sites for hydroxylation is 1. The van der Waals surface area contributed by atoms with E-state index in [4.69, 9.17) is 0 Å². The molecule has 0 aliphatic rings. The van der Waals surface area contributed by atoms with Crippen molar-refractivity contribution in [2.75, 3.05) is 0 Å². The molecule has 0 radical (unpaired) electrons. The van der Waals surface area contributed by atoms with E-state index in [-0.39, 0.29) is 0 Å². The number of rotatable bonds is 19. The zero-order valence-corrected chi connectivity index (χ0v) is 52.7. The highest BCUT2D eigenvalue weighted by Crippen LogP contribution is 2.49. The van der Waals surface area contributed by atoms with Crippen LogP contribution < -0.4 is 0 Å². The maximum atomic E-state index is 2.77. The lowest BCUT2D eigenvalue weighted by Crippen LogP contribution is -2.01. The lowest BCUT2D eigenvalue weighted by atomic mass is 9.88. The Hall–Kier alpha value is -11.1. The molecule has 0 saturated carbocycles. The first kappa shape index (κ1) is 58.3. The Morgan fingerprint density at radius 3 is 0.613 bits per heavy atom. The third-order valence-corrected chi connectivity index (χ3v) is 18.7. The largest absolute Gasteiger partial charge is 0.339 e. The van der Waals surface area contributed by atoms with Gasteiger partial charge < -0.3 is 4.57 Å². The van der Waals surface area contributed by atoms with E-state index >= 15 is 0 Å². The van der Waals surface area contributed by atoms with Gasteiger partial charge in [0.1, 0.15) is 0 Å². The fourth-order valence-electron chi connectivity index (χ4n) is 14.0. The maximum absolute atomic E-state index is 2.77. The Morgan fingerprint density at radius 1 is 0.183 bits per heavy atom. The molecule has 446 valence electrons. The zero-order chi connectivity index (χ0) is 62.3. The Kier molecular flexibility index (Phi) is 16.8. The first-order chi connectivity index (χ1) is 46.0. The summed E-state index contributed by atoms with van der Waals surface area (Å²) < 4.78 is 2.77. The van der Waals surface area contributed by atoms with E-state index in [0.717, 1.165) is 19.4 Å². The van der Waals surface area contributed by atoms with Gasteiger partial charge in [-0.1, -0.05) is 282 Å². The molecule has 0 N–H and O–H groups in total. The van der Waals surface area contributed by atoms with Gasteiger partial charge in [-0.25, -0.2) is 0 Å². The van der Waals surface area contributed by atoms with Gasteiger partial charge in [-0.15, -0.1) is 0 Å². The second-order valence-corrected chi connectivity index (χ2v) is 24.9. The third kappa shape index (κ3) is 12.5. The molecule has 0 fully saturated rings. The average molecular weight is 1190 g/mol. The molecule has 14 aromatic carbocycles. The predicted molar refractivity (Wildman–Crippen MR) is 398 cm³/mol. The third-order valence-electron chi connectivity index (χ3n) is 18.7. The van der Waals surface area contributed by atoms with Crippen molar-refractivity contribution >= 4 is 21.8 Å². The molecule has 1 nitrogen and oxygen atoms in total. The van der Waals surface area contributed by atoms with Gasteiger partial charge in [0.05, 0.1) is 11.0 Å². The molecule has 0 atom stereocenters. The topological polar surface area (TPSA) is 4.93 Å².